The molecule has 0 atom stereocenters. The van der Waals surface area contributed by atoms with Crippen molar-refractivity contribution in [3.63, 3.8) is 0 Å². The van der Waals surface area contributed by atoms with Gasteiger partial charge in [0.2, 0.25) is 0 Å². The third kappa shape index (κ3) is 3.96. The second-order valence-electron chi connectivity index (χ2n) is 4.56. The minimum atomic E-state index is 0.175. The van der Waals surface area contributed by atoms with Gasteiger partial charge in [-0.2, -0.15) is 0 Å². The fourth-order valence-corrected chi connectivity index (χ4v) is 2.09. The molecule has 0 aliphatic heterocycles. The van der Waals surface area contributed by atoms with Crippen LogP contribution in [0.25, 0.3) is 0 Å². The normalized spacial score (nSPS) is 10.3. The third-order valence-electron chi connectivity index (χ3n) is 3.20. The van der Waals surface area contributed by atoms with E-state index in [1.807, 2.05) is 12.3 Å². The summed E-state index contributed by atoms with van der Waals surface area (Å²) in [7, 11) is 0. The van der Waals surface area contributed by atoms with Crippen molar-refractivity contribution < 1.29 is 5.11 Å². The molecule has 1 heterocycles. The predicted molar refractivity (Wildman–Crippen MR) is 83.0 cm³/mol. The van der Waals surface area contributed by atoms with Crippen molar-refractivity contribution in [1.29, 1.82) is 0 Å². The lowest BCUT2D eigenvalue weighted by Gasteiger charge is -2.22. The van der Waals surface area contributed by atoms with Crippen LogP contribution in [0.1, 0.15) is 12.5 Å². The van der Waals surface area contributed by atoms with E-state index in [1.54, 1.807) is 6.20 Å². The molecule has 0 bridgehead atoms. The standard InChI is InChI=1S/C16H21N3O/c1-2-19(10-11-20)16-7-5-15(6-8-16)18-13-14-4-3-9-17-12-14/h3-9,12,18,20H,2,10-11,13H2,1H3. The third-order valence-corrected chi connectivity index (χ3v) is 3.20. The summed E-state index contributed by atoms with van der Waals surface area (Å²) in [4.78, 5) is 6.24. The van der Waals surface area contributed by atoms with Crippen LogP contribution in [0.3, 0.4) is 0 Å². The molecule has 106 valence electrons. The molecule has 0 aliphatic carbocycles. The van der Waals surface area contributed by atoms with Crippen molar-refractivity contribution in [2.75, 3.05) is 29.9 Å². The van der Waals surface area contributed by atoms with Crippen LogP contribution in [0.5, 0.6) is 0 Å². The van der Waals surface area contributed by atoms with Gasteiger partial charge in [0.1, 0.15) is 0 Å². The molecule has 20 heavy (non-hydrogen) atoms. The van der Waals surface area contributed by atoms with Crippen LogP contribution in [0, 0.1) is 0 Å². The molecule has 0 fully saturated rings. The van der Waals surface area contributed by atoms with Crippen LogP contribution >= 0.6 is 0 Å². The lowest BCUT2D eigenvalue weighted by atomic mass is 10.2. The summed E-state index contributed by atoms with van der Waals surface area (Å²) in [6, 6.07) is 12.3. The van der Waals surface area contributed by atoms with E-state index in [9.17, 15) is 0 Å². The van der Waals surface area contributed by atoms with E-state index >= 15 is 0 Å². The highest BCUT2D eigenvalue weighted by Gasteiger charge is 2.03. The predicted octanol–water partition coefficient (Wildman–Crippen LogP) is 2.51. The monoisotopic (exact) mass is 271 g/mol. The molecule has 0 spiro atoms. The van der Waals surface area contributed by atoms with Gasteiger partial charge >= 0.3 is 0 Å². The Labute approximate surface area is 120 Å². The Hall–Kier alpha value is -2.07. The second-order valence-corrected chi connectivity index (χ2v) is 4.56. The van der Waals surface area contributed by atoms with E-state index in [0.717, 1.165) is 30.0 Å². The van der Waals surface area contributed by atoms with Gasteiger partial charge in [-0.1, -0.05) is 6.07 Å². The van der Waals surface area contributed by atoms with Gasteiger partial charge in [-0.05, 0) is 42.8 Å². The number of aromatic nitrogens is 1. The summed E-state index contributed by atoms with van der Waals surface area (Å²) >= 11 is 0. The van der Waals surface area contributed by atoms with Gasteiger partial charge in [0.15, 0.2) is 0 Å². The van der Waals surface area contributed by atoms with E-state index in [2.05, 4.69) is 52.5 Å². The smallest absolute Gasteiger partial charge is 0.0606 e. The number of pyridine rings is 1. The number of benzene rings is 1. The molecule has 0 saturated carbocycles. The molecule has 2 aromatic rings. The zero-order valence-corrected chi connectivity index (χ0v) is 11.8. The topological polar surface area (TPSA) is 48.4 Å². The van der Waals surface area contributed by atoms with Gasteiger partial charge in [-0.3, -0.25) is 4.98 Å². The van der Waals surface area contributed by atoms with E-state index < -0.39 is 0 Å². The number of hydrogen-bond acceptors (Lipinski definition) is 4. The number of rotatable bonds is 7. The highest BCUT2D eigenvalue weighted by atomic mass is 16.3. The summed E-state index contributed by atoms with van der Waals surface area (Å²) in [6.45, 7) is 4.59. The van der Waals surface area contributed by atoms with Crippen LogP contribution in [-0.4, -0.2) is 29.8 Å². The van der Waals surface area contributed by atoms with E-state index in [-0.39, 0.29) is 6.61 Å². The molecule has 2 N–H and O–H groups in total. The van der Waals surface area contributed by atoms with Crippen molar-refractivity contribution in [1.82, 2.24) is 4.98 Å². The van der Waals surface area contributed by atoms with Crippen LogP contribution in [0.4, 0.5) is 11.4 Å². The van der Waals surface area contributed by atoms with Crippen LogP contribution in [0.15, 0.2) is 48.8 Å². The molecule has 1 aromatic heterocycles. The number of aliphatic hydroxyl groups excluding tert-OH is 1. The van der Waals surface area contributed by atoms with Gasteiger partial charge < -0.3 is 15.3 Å². The SMILES string of the molecule is CCN(CCO)c1ccc(NCc2cccnc2)cc1. The maximum Gasteiger partial charge on any atom is 0.0606 e. The molecule has 0 aliphatic rings. The summed E-state index contributed by atoms with van der Waals surface area (Å²) in [5, 5.41) is 12.4. The van der Waals surface area contributed by atoms with Crippen LogP contribution in [0.2, 0.25) is 0 Å². The lowest BCUT2D eigenvalue weighted by molar-refractivity contribution is 0.302. The van der Waals surface area contributed by atoms with Crippen molar-refractivity contribution in [2.24, 2.45) is 0 Å². The Morgan fingerprint density at radius 2 is 2.00 bits per heavy atom. The summed E-state index contributed by atoms with van der Waals surface area (Å²) in [5.41, 5.74) is 3.37. The van der Waals surface area contributed by atoms with E-state index in [0.29, 0.717) is 6.54 Å². The Morgan fingerprint density at radius 3 is 2.60 bits per heavy atom. The number of hydrogen-bond donors (Lipinski definition) is 2. The van der Waals surface area contributed by atoms with Gasteiger partial charge in [-0.15, -0.1) is 0 Å². The molecular formula is C16H21N3O. The van der Waals surface area contributed by atoms with Crippen molar-refractivity contribution in [2.45, 2.75) is 13.5 Å². The molecule has 2 rings (SSSR count). The first-order valence-corrected chi connectivity index (χ1v) is 6.92. The molecule has 4 heteroatoms. The Kier molecular flexibility index (Phi) is 5.38. The molecule has 0 amide bonds. The number of nitrogens with zero attached hydrogens (tertiary/aromatic N) is 2. The summed E-state index contributed by atoms with van der Waals surface area (Å²) < 4.78 is 0. The number of likely N-dealkylation sites (N-methyl/N-ethyl adjacent to an activating group) is 1. The molecule has 0 radical (unpaired) electrons. The first-order chi connectivity index (χ1) is 9.83. The highest BCUT2D eigenvalue weighted by Crippen LogP contribution is 2.18. The quantitative estimate of drug-likeness (QED) is 0.812. The average Bonchev–Trinajstić information content (AvgIpc) is 2.52. The first kappa shape index (κ1) is 14.3. The molecule has 0 unspecified atom stereocenters. The molecule has 0 saturated heterocycles. The zero-order chi connectivity index (χ0) is 14.2. The Balaban J connectivity index is 1.94. The van der Waals surface area contributed by atoms with Gasteiger partial charge in [0.25, 0.3) is 0 Å². The summed E-state index contributed by atoms with van der Waals surface area (Å²) in [5.74, 6) is 0. The van der Waals surface area contributed by atoms with Gasteiger partial charge in [0.05, 0.1) is 6.61 Å². The first-order valence-electron chi connectivity index (χ1n) is 6.92. The summed E-state index contributed by atoms with van der Waals surface area (Å²) in [6.07, 6.45) is 3.64. The molecular weight excluding hydrogens is 250 g/mol. The minimum Gasteiger partial charge on any atom is -0.395 e. The Bertz CT molecular complexity index is 499. The van der Waals surface area contributed by atoms with Crippen LogP contribution in [-0.2, 0) is 6.54 Å². The minimum absolute atomic E-state index is 0.175. The number of anilines is 2. The Morgan fingerprint density at radius 1 is 1.20 bits per heavy atom. The number of aliphatic hydroxyl groups is 1. The second kappa shape index (κ2) is 7.50. The highest BCUT2D eigenvalue weighted by molar-refractivity contribution is 5.55. The van der Waals surface area contributed by atoms with Crippen molar-refractivity contribution in [3.8, 4) is 0 Å². The lowest BCUT2D eigenvalue weighted by Crippen LogP contribution is -2.25. The number of nitrogens with one attached hydrogen (secondary N) is 1. The molecule has 1 aromatic carbocycles. The zero-order valence-electron chi connectivity index (χ0n) is 11.8. The fourth-order valence-electron chi connectivity index (χ4n) is 2.09. The maximum atomic E-state index is 9.03. The fraction of sp³-hybridized carbons (Fsp3) is 0.312. The largest absolute Gasteiger partial charge is 0.395 e. The molecule has 4 nitrogen and oxygen atoms in total. The maximum absolute atomic E-state index is 9.03. The van der Waals surface area contributed by atoms with Crippen molar-refractivity contribution in [3.05, 3.63) is 54.4 Å². The van der Waals surface area contributed by atoms with Gasteiger partial charge in [-0.25, -0.2) is 0 Å². The van der Waals surface area contributed by atoms with Crippen LogP contribution < -0.4 is 10.2 Å². The van der Waals surface area contributed by atoms with E-state index in [4.69, 9.17) is 5.11 Å². The van der Waals surface area contributed by atoms with E-state index in [1.165, 1.54) is 0 Å². The van der Waals surface area contributed by atoms with Gasteiger partial charge in [0, 0.05) is 43.4 Å². The van der Waals surface area contributed by atoms with Crippen molar-refractivity contribution >= 4 is 11.4 Å². The average molecular weight is 271 g/mol.